The van der Waals surface area contributed by atoms with Crippen LogP contribution in [-0.4, -0.2) is 22.3 Å². The third-order valence-corrected chi connectivity index (χ3v) is 0.591. The molecule has 0 aliphatic rings. The highest BCUT2D eigenvalue weighted by Gasteiger charge is 1.81. The van der Waals surface area contributed by atoms with Crippen molar-refractivity contribution in [2.24, 2.45) is 0 Å². The summed E-state index contributed by atoms with van der Waals surface area (Å²) in [4.78, 5) is 9.00. The Morgan fingerprint density at radius 2 is 1.78 bits per heavy atom. The average molecular weight is 134 g/mol. The lowest BCUT2D eigenvalue weighted by atomic mass is 10.3. The molecular weight excluding hydrogens is 120 g/mol. The minimum absolute atomic E-state index is 0.116. The van der Waals surface area contributed by atoms with Crippen LogP contribution in [0.2, 0.25) is 0 Å². The molecule has 0 heterocycles. The van der Waals surface area contributed by atoms with Gasteiger partial charge in [-0.25, -0.2) is 0 Å². The predicted molar refractivity (Wildman–Crippen MR) is 35.3 cm³/mol. The van der Waals surface area contributed by atoms with Gasteiger partial charge in [-0.1, -0.05) is 6.92 Å². The number of carbonyl (C=O) groups is 1. The highest BCUT2D eigenvalue weighted by atomic mass is 16.4. The number of carboxylic acids is 1. The van der Waals surface area contributed by atoms with Crippen molar-refractivity contribution in [3.8, 4) is 0 Å². The Bertz CT molecular complexity index is 64.7. The Morgan fingerprint density at radius 1 is 1.67 bits per heavy atom. The van der Waals surface area contributed by atoms with Crippen LogP contribution in [0, 0.1) is 0 Å². The summed E-state index contributed by atoms with van der Waals surface area (Å²) in [5.74, 6) is -0.833. The number of hydrogen-bond donors (Lipinski definition) is 2. The molecule has 56 valence electrons. The number of carboxylic acid groups (broad SMARTS) is 1. The van der Waals surface area contributed by atoms with E-state index < -0.39 is 5.97 Å². The Balaban J connectivity index is 0. The number of aliphatic hydroxyl groups excluding tert-OH is 1. The van der Waals surface area contributed by atoms with Gasteiger partial charge in [0.25, 0.3) is 5.97 Å². The first-order chi connectivity index (χ1) is 4.00. The first kappa shape index (κ1) is 11.3. The molecule has 0 spiro atoms. The van der Waals surface area contributed by atoms with Gasteiger partial charge in [-0.05, 0) is 13.3 Å². The Labute approximate surface area is 55.3 Å². The summed E-state index contributed by atoms with van der Waals surface area (Å²) in [5.41, 5.74) is 0. The van der Waals surface area contributed by atoms with Crippen molar-refractivity contribution in [2.45, 2.75) is 33.3 Å². The van der Waals surface area contributed by atoms with E-state index in [9.17, 15) is 0 Å². The van der Waals surface area contributed by atoms with E-state index in [0.717, 1.165) is 13.3 Å². The molecule has 2 N–H and O–H groups in total. The van der Waals surface area contributed by atoms with Crippen LogP contribution in [0.3, 0.4) is 0 Å². The quantitative estimate of drug-likeness (QED) is 0.559. The van der Waals surface area contributed by atoms with Crippen molar-refractivity contribution < 1.29 is 15.0 Å². The van der Waals surface area contributed by atoms with Crippen LogP contribution in [0.25, 0.3) is 0 Å². The van der Waals surface area contributed by atoms with Gasteiger partial charge in [-0.2, -0.15) is 0 Å². The lowest BCUT2D eigenvalue weighted by Gasteiger charge is -1.90. The second-order valence-corrected chi connectivity index (χ2v) is 1.78. The van der Waals surface area contributed by atoms with Gasteiger partial charge < -0.3 is 10.2 Å². The molecule has 0 aromatic heterocycles. The first-order valence-corrected chi connectivity index (χ1v) is 2.88. The largest absolute Gasteiger partial charge is 0.481 e. The summed E-state index contributed by atoms with van der Waals surface area (Å²) in [7, 11) is 0. The fraction of sp³-hybridized carbons (Fsp3) is 0.833. The Kier molecular flexibility index (Phi) is 9.29. The predicted octanol–water partition coefficient (Wildman–Crippen LogP) is 0.868. The summed E-state index contributed by atoms with van der Waals surface area (Å²) in [6.07, 6.45) is 0.745. The lowest BCUT2D eigenvalue weighted by Crippen LogP contribution is -1.93. The van der Waals surface area contributed by atoms with Crippen LogP contribution in [0.1, 0.15) is 27.2 Å². The first-order valence-electron chi connectivity index (χ1n) is 2.88. The zero-order valence-electron chi connectivity index (χ0n) is 6.09. The van der Waals surface area contributed by atoms with Gasteiger partial charge in [0, 0.05) is 6.92 Å². The minimum atomic E-state index is -0.833. The lowest BCUT2D eigenvalue weighted by molar-refractivity contribution is -0.134. The smallest absolute Gasteiger partial charge is 0.300 e. The van der Waals surface area contributed by atoms with E-state index in [1.54, 1.807) is 6.92 Å². The maximum absolute atomic E-state index is 9.00. The summed E-state index contributed by atoms with van der Waals surface area (Å²) in [6, 6.07) is 0. The number of aliphatic hydroxyl groups is 1. The van der Waals surface area contributed by atoms with E-state index in [2.05, 4.69) is 0 Å². The van der Waals surface area contributed by atoms with Crippen LogP contribution < -0.4 is 0 Å². The van der Waals surface area contributed by atoms with Crippen LogP contribution in [0.4, 0.5) is 0 Å². The molecule has 0 aromatic carbocycles. The molecule has 0 bridgehead atoms. The molecule has 3 nitrogen and oxygen atoms in total. The standard InChI is InChI=1S/C4H10O.C2H4O2/c1-3-4(2)5;1-2(3)4/h4-5H,3H2,1-2H3;1H3,(H,3,4). The highest BCUT2D eigenvalue weighted by molar-refractivity contribution is 5.62. The maximum atomic E-state index is 9.00. The molecule has 0 saturated heterocycles. The average Bonchev–Trinajstić information content (AvgIpc) is 1.65. The summed E-state index contributed by atoms with van der Waals surface area (Å²) >= 11 is 0. The number of aliphatic carboxylic acids is 1. The second-order valence-electron chi connectivity index (χ2n) is 1.78. The molecule has 3 heteroatoms. The van der Waals surface area contributed by atoms with Crippen LogP contribution in [0.5, 0.6) is 0 Å². The Hall–Kier alpha value is -0.570. The number of rotatable bonds is 1. The van der Waals surface area contributed by atoms with Crippen LogP contribution in [0.15, 0.2) is 0 Å². The van der Waals surface area contributed by atoms with Crippen molar-refractivity contribution >= 4 is 5.97 Å². The van der Waals surface area contributed by atoms with Gasteiger partial charge in [0.1, 0.15) is 0 Å². The zero-order valence-corrected chi connectivity index (χ0v) is 6.09. The molecule has 0 aromatic rings. The van der Waals surface area contributed by atoms with Crippen molar-refractivity contribution in [3.63, 3.8) is 0 Å². The maximum Gasteiger partial charge on any atom is 0.300 e. The van der Waals surface area contributed by atoms with E-state index in [-0.39, 0.29) is 6.10 Å². The van der Waals surface area contributed by atoms with E-state index in [1.807, 2.05) is 6.92 Å². The molecule has 0 radical (unpaired) electrons. The highest BCUT2D eigenvalue weighted by Crippen LogP contribution is 1.81. The monoisotopic (exact) mass is 134 g/mol. The van der Waals surface area contributed by atoms with Gasteiger partial charge in [-0.3, -0.25) is 4.79 Å². The summed E-state index contributed by atoms with van der Waals surface area (Å²) in [6.45, 7) is 4.81. The van der Waals surface area contributed by atoms with Gasteiger partial charge in [0.05, 0.1) is 6.10 Å². The van der Waals surface area contributed by atoms with Gasteiger partial charge >= 0.3 is 0 Å². The summed E-state index contributed by atoms with van der Waals surface area (Å²) in [5, 5.41) is 15.8. The minimum Gasteiger partial charge on any atom is -0.481 e. The van der Waals surface area contributed by atoms with E-state index in [1.165, 1.54) is 0 Å². The molecule has 0 fully saturated rings. The molecule has 0 amide bonds. The molecule has 1 unspecified atom stereocenters. The fourth-order valence-corrected chi connectivity index (χ4v) is 0. The molecule has 0 aliphatic carbocycles. The van der Waals surface area contributed by atoms with Crippen LogP contribution in [-0.2, 0) is 4.79 Å². The van der Waals surface area contributed by atoms with E-state index >= 15 is 0 Å². The third kappa shape index (κ3) is 107. The van der Waals surface area contributed by atoms with E-state index in [0.29, 0.717) is 0 Å². The zero-order chi connectivity index (χ0) is 7.86. The van der Waals surface area contributed by atoms with Gasteiger partial charge in [0.2, 0.25) is 0 Å². The third-order valence-electron chi connectivity index (χ3n) is 0.591. The molecule has 0 aliphatic heterocycles. The van der Waals surface area contributed by atoms with Crippen molar-refractivity contribution in [1.82, 2.24) is 0 Å². The topological polar surface area (TPSA) is 57.5 Å². The van der Waals surface area contributed by atoms with Gasteiger partial charge in [-0.15, -0.1) is 0 Å². The molecular formula is C6H14O3. The molecule has 9 heavy (non-hydrogen) atoms. The summed E-state index contributed by atoms with van der Waals surface area (Å²) < 4.78 is 0. The fourth-order valence-electron chi connectivity index (χ4n) is 0. The SMILES string of the molecule is CC(=O)O.CCC(C)O. The van der Waals surface area contributed by atoms with Crippen molar-refractivity contribution in [1.29, 1.82) is 0 Å². The molecule has 0 saturated carbocycles. The number of hydrogen-bond acceptors (Lipinski definition) is 2. The Morgan fingerprint density at radius 3 is 1.78 bits per heavy atom. The van der Waals surface area contributed by atoms with Crippen molar-refractivity contribution in [3.05, 3.63) is 0 Å². The second kappa shape index (κ2) is 7.43. The van der Waals surface area contributed by atoms with E-state index in [4.69, 9.17) is 15.0 Å². The molecule has 0 rings (SSSR count). The molecule has 1 atom stereocenters. The van der Waals surface area contributed by atoms with Crippen LogP contribution >= 0.6 is 0 Å². The normalized spacial score (nSPS) is 11.1. The van der Waals surface area contributed by atoms with Gasteiger partial charge in [0.15, 0.2) is 0 Å². The van der Waals surface area contributed by atoms with Crippen molar-refractivity contribution in [2.75, 3.05) is 0 Å².